The van der Waals surface area contributed by atoms with Crippen molar-refractivity contribution in [2.75, 3.05) is 26.2 Å². The molecule has 0 aliphatic rings. The Hall–Kier alpha value is -2.09. The average molecular weight is 326 g/mol. The van der Waals surface area contributed by atoms with E-state index in [4.69, 9.17) is 0 Å². The quantitative estimate of drug-likeness (QED) is 0.249. The van der Waals surface area contributed by atoms with Gasteiger partial charge in [0.05, 0.1) is 32.4 Å². The molecule has 0 aromatic carbocycles. The summed E-state index contributed by atoms with van der Waals surface area (Å²) >= 11 is 0. The van der Waals surface area contributed by atoms with Crippen LogP contribution in [-0.4, -0.2) is 47.1 Å². The summed E-state index contributed by atoms with van der Waals surface area (Å²) in [6.07, 6.45) is 2.87. The zero-order chi connectivity index (χ0) is 17.2. The monoisotopic (exact) mass is 326 g/mol. The number of rotatable bonds is 10. The normalized spacial score (nSPS) is 11.5. The first-order chi connectivity index (χ1) is 11.0. The van der Waals surface area contributed by atoms with Crippen molar-refractivity contribution in [1.82, 2.24) is 15.0 Å². The second kappa shape index (κ2) is 9.83. The fourth-order valence-corrected chi connectivity index (χ4v) is 2.23. The van der Waals surface area contributed by atoms with Crippen LogP contribution >= 0.6 is 0 Å². The Morgan fingerprint density at radius 2 is 2.00 bits per heavy atom. The molecule has 0 bridgehead atoms. The van der Waals surface area contributed by atoms with Gasteiger partial charge in [-0.2, -0.15) is 5.10 Å². The van der Waals surface area contributed by atoms with Crippen molar-refractivity contribution in [1.29, 1.82) is 0 Å². The summed E-state index contributed by atoms with van der Waals surface area (Å²) in [4.78, 5) is 27.2. The molecular weight excluding hydrogens is 298 g/mol. The van der Waals surface area contributed by atoms with E-state index >= 15 is 0 Å². The summed E-state index contributed by atoms with van der Waals surface area (Å²) < 4.78 is 1.16. The second-order valence-electron chi connectivity index (χ2n) is 5.38. The highest BCUT2D eigenvalue weighted by Crippen LogP contribution is 2.08. The molecule has 23 heavy (non-hydrogen) atoms. The minimum absolute atomic E-state index is 0.0108. The summed E-state index contributed by atoms with van der Waals surface area (Å²) in [6.45, 7) is 10.3. The number of aromatic nitrogens is 2. The van der Waals surface area contributed by atoms with Crippen LogP contribution in [0.5, 0.6) is 5.88 Å². The van der Waals surface area contributed by atoms with E-state index < -0.39 is 11.2 Å². The fourth-order valence-electron chi connectivity index (χ4n) is 2.23. The van der Waals surface area contributed by atoms with Crippen LogP contribution in [0.1, 0.15) is 39.2 Å². The van der Waals surface area contributed by atoms with Gasteiger partial charge in [0, 0.05) is 6.54 Å². The molecule has 1 heterocycles. The number of H-pyrrole nitrogens is 1. The Morgan fingerprint density at radius 1 is 1.30 bits per heavy atom. The lowest BCUT2D eigenvalue weighted by atomic mass is 10.3. The first-order valence-corrected chi connectivity index (χ1v) is 8.20. The lowest BCUT2D eigenvalue weighted by molar-refractivity contribution is -0.895. The highest BCUT2D eigenvalue weighted by molar-refractivity contribution is 5.81. The number of unbranched alkanes of at least 4 members (excludes halogenated alkanes) is 1. The molecule has 0 saturated carbocycles. The van der Waals surface area contributed by atoms with Crippen molar-refractivity contribution in [2.24, 2.45) is 5.10 Å². The minimum Gasteiger partial charge on any atom is -0.494 e. The molecule has 0 fully saturated rings. The van der Waals surface area contributed by atoms with Crippen LogP contribution in [0.4, 0.5) is 0 Å². The van der Waals surface area contributed by atoms with E-state index in [1.807, 2.05) is 6.92 Å². The maximum absolute atomic E-state index is 11.8. The molecule has 0 unspecified atom stereocenters. The summed E-state index contributed by atoms with van der Waals surface area (Å²) in [5.74, 6) is -0.341. The number of likely N-dealkylation sites (N-methyl/N-ethyl adjacent to an activating group) is 1. The Bertz CT molecular complexity index is 617. The number of nitrogens with one attached hydrogen (secondary N) is 3. The molecular formula is C15H28N5O3+. The van der Waals surface area contributed by atoms with E-state index in [-0.39, 0.29) is 11.4 Å². The lowest BCUT2D eigenvalue weighted by Crippen LogP contribution is -3.12. The highest BCUT2D eigenvalue weighted by atomic mass is 16.3. The molecule has 8 heteroatoms. The second-order valence-corrected chi connectivity index (χ2v) is 5.38. The Kier molecular flexibility index (Phi) is 8.10. The maximum Gasteiger partial charge on any atom is 0.331 e. The van der Waals surface area contributed by atoms with Gasteiger partial charge in [-0.3, -0.25) is 14.3 Å². The van der Waals surface area contributed by atoms with E-state index in [1.165, 1.54) is 11.1 Å². The fraction of sp³-hybridized carbons (Fsp3) is 0.667. The van der Waals surface area contributed by atoms with Crippen LogP contribution in [0, 0.1) is 0 Å². The molecule has 0 radical (unpaired) electrons. The third-order valence-electron chi connectivity index (χ3n) is 3.82. The number of aromatic hydroxyl groups is 1. The number of nitrogens with zero attached hydrogens (tertiary/aromatic N) is 2. The van der Waals surface area contributed by atoms with Gasteiger partial charge < -0.3 is 15.4 Å². The number of hydrazone groups is 1. The predicted octanol–water partition coefficient (Wildman–Crippen LogP) is -1.11. The highest BCUT2D eigenvalue weighted by Gasteiger charge is 2.12. The molecule has 1 aromatic heterocycles. The standard InChI is InChI=1S/C15H27N5O3/c1-4-7-9-20-14(22)12(13(21)18-15(20)23)11-17-16-8-10-19(5-2)6-3/h11,16,22H,4-10H2,1-3H3,(H,18,21,23)/p+1/b17-11+. The first-order valence-electron chi connectivity index (χ1n) is 8.20. The van der Waals surface area contributed by atoms with E-state index in [2.05, 4.69) is 29.4 Å². The molecule has 130 valence electrons. The molecule has 0 saturated heterocycles. The predicted molar refractivity (Wildman–Crippen MR) is 90.4 cm³/mol. The van der Waals surface area contributed by atoms with Crippen LogP contribution < -0.4 is 21.6 Å². The first kappa shape index (κ1) is 19.0. The Labute approximate surface area is 135 Å². The van der Waals surface area contributed by atoms with E-state index in [1.54, 1.807) is 0 Å². The molecule has 4 N–H and O–H groups in total. The van der Waals surface area contributed by atoms with E-state index in [0.717, 1.165) is 37.0 Å². The van der Waals surface area contributed by atoms with Crippen LogP contribution in [0.2, 0.25) is 0 Å². The van der Waals surface area contributed by atoms with Gasteiger partial charge in [0.25, 0.3) is 5.56 Å². The van der Waals surface area contributed by atoms with Crippen molar-refractivity contribution in [3.05, 3.63) is 26.4 Å². The van der Waals surface area contributed by atoms with Gasteiger partial charge in [-0.1, -0.05) is 13.3 Å². The van der Waals surface area contributed by atoms with Crippen molar-refractivity contribution in [3.8, 4) is 5.88 Å². The summed E-state index contributed by atoms with van der Waals surface area (Å²) in [6, 6.07) is 0. The van der Waals surface area contributed by atoms with E-state index in [9.17, 15) is 14.7 Å². The number of aromatic amines is 1. The lowest BCUT2D eigenvalue weighted by Gasteiger charge is -2.14. The van der Waals surface area contributed by atoms with E-state index in [0.29, 0.717) is 13.1 Å². The summed E-state index contributed by atoms with van der Waals surface area (Å²) in [5, 5.41) is 14.1. The van der Waals surface area contributed by atoms with Crippen molar-refractivity contribution < 1.29 is 10.0 Å². The van der Waals surface area contributed by atoms with Crippen LogP contribution in [0.15, 0.2) is 14.7 Å². The molecule has 0 aliphatic heterocycles. The van der Waals surface area contributed by atoms with Crippen LogP contribution in [0.3, 0.4) is 0 Å². The van der Waals surface area contributed by atoms with Gasteiger partial charge in [-0.05, 0) is 20.3 Å². The largest absolute Gasteiger partial charge is 0.494 e. The van der Waals surface area contributed by atoms with Crippen LogP contribution in [-0.2, 0) is 6.54 Å². The zero-order valence-corrected chi connectivity index (χ0v) is 14.2. The summed E-state index contributed by atoms with van der Waals surface area (Å²) in [7, 11) is 0. The molecule has 1 aromatic rings. The van der Waals surface area contributed by atoms with Crippen molar-refractivity contribution >= 4 is 6.21 Å². The average Bonchev–Trinajstić information content (AvgIpc) is 2.53. The van der Waals surface area contributed by atoms with Crippen molar-refractivity contribution in [3.63, 3.8) is 0 Å². The Balaban J connectivity index is 2.78. The number of hydrogen-bond acceptors (Lipinski definition) is 5. The van der Waals surface area contributed by atoms with Gasteiger partial charge >= 0.3 is 5.69 Å². The minimum atomic E-state index is -0.639. The topological polar surface area (TPSA) is 104 Å². The molecule has 0 atom stereocenters. The van der Waals surface area contributed by atoms with Crippen molar-refractivity contribution in [2.45, 2.75) is 40.2 Å². The molecule has 0 aliphatic carbocycles. The summed E-state index contributed by atoms with van der Waals surface area (Å²) in [5.41, 5.74) is 1.61. The molecule has 1 rings (SSSR count). The van der Waals surface area contributed by atoms with Crippen LogP contribution in [0.25, 0.3) is 0 Å². The van der Waals surface area contributed by atoms with Gasteiger partial charge in [0.1, 0.15) is 5.56 Å². The van der Waals surface area contributed by atoms with Gasteiger partial charge in [-0.15, -0.1) is 0 Å². The molecule has 8 nitrogen and oxygen atoms in total. The number of quaternary nitrogens is 1. The Morgan fingerprint density at radius 3 is 2.61 bits per heavy atom. The smallest absolute Gasteiger partial charge is 0.331 e. The zero-order valence-electron chi connectivity index (χ0n) is 14.2. The van der Waals surface area contributed by atoms with Gasteiger partial charge in [-0.25, -0.2) is 4.79 Å². The number of hydrogen-bond donors (Lipinski definition) is 4. The third kappa shape index (κ3) is 5.55. The van der Waals surface area contributed by atoms with Gasteiger partial charge in [0.15, 0.2) is 0 Å². The van der Waals surface area contributed by atoms with Gasteiger partial charge in [0.2, 0.25) is 5.88 Å². The SMILES string of the molecule is CCCCn1c(O)c(/C=N/NCC[NH+](CC)CC)c(=O)[nH]c1=O. The molecule has 0 spiro atoms. The third-order valence-corrected chi connectivity index (χ3v) is 3.82. The molecule has 0 amide bonds. The maximum atomic E-state index is 11.8.